The molecule has 0 atom stereocenters. The zero-order valence-electron chi connectivity index (χ0n) is 10.9. The molecule has 0 spiro atoms. The van der Waals surface area contributed by atoms with E-state index in [4.69, 9.17) is 11.6 Å². The van der Waals surface area contributed by atoms with Gasteiger partial charge in [-0.05, 0) is 54.6 Å². The molecule has 1 nitrogen and oxygen atoms in total. The van der Waals surface area contributed by atoms with Crippen molar-refractivity contribution in [3.05, 3.63) is 70.2 Å². The molecule has 0 amide bonds. The Morgan fingerprint density at radius 2 is 1.58 bits per heavy atom. The Bertz CT molecular complexity index is 522. The van der Waals surface area contributed by atoms with Crippen LogP contribution in [0.4, 0.5) is 0 Å². The highest BCUT2D eigenvalue weighted by Crippen LogP contribution is 2.21. The predicted octanol–water partition coefficient (Wildman–Crippen LogP) is 3.64. The average molecular weight is 272 g/mol. The first kappa shape index (κ1) is 12.7. The summed E-state index contributed by atoms with van der Waals surface area (Å²) >= 11 is 5.89. The van der Waals surface area contributed by atoms with E-state index in [9.17, 15) is 0 Å². The summed E-state index contributed by atoms with van der Waals surface area (Å²) < 4.78 is 0. The molecule has 0 fully saturated rings. The van der Waals surface area contributed by atoms with Gasteiger partial charge in [-0.1, -0.05) is 48.0 Å². The normalized spacial score (nSPS) is 14.6. The van der Waals surface area contributed by atoms with Gasteiger partial charge in [0.05, 0.1) is 0 Å². The Kier molecular flexibility index (Phi) is 3.86. The van der Waals surface area contributed by atoms with Crippen LogP contribution in [0.3, 0.4) is 0 Å². The van der Waals surface area contributed by atoms with Gasteiger partial charge < -0.3 is 5.32 Å². The van der Waals surface area contributed by atoms with Crippen LogP contribution in [0.2, 0.25) is 5.02 Å². The zero-order chi connectivity index (χ0) is 13.1. The summed E-state index contributed by atoms with van der Waals surface area (Å²) in [6.45, 7) is 1.03. The molecule has 1 N–H and O–H groups in total. The summed E-state index contributed by atoms with van der Waals surface area (Å²) in [7, 11) is 0. The van der Waals surface area contributed by atoms with Gasteiger partial charge in [0, 0.05) is 11.1 Å². The maximum Gasteiger partial charge on any atom is 0.0406 e. The first-order chi connectivity index (χ1) is 9.31. The largest absolute Gasteiger partial charge is 0.313 e. The Labute approximate surface area is 119 Å². The molecule has 1 aliphatic carbocycles. The van der Waals surface area contributed by atoms with Crippen molar-refractivity contribution in [1.29, 1.82) is 0 Å². The predicted molar refractivity (Wildman–Crippen MR) is 80.8 cm³/mol. The standard InChI is InChI=1S/C17H18ClN/c18-16-7-5-13(6-8-16)9-10-19-17-11-14-3-1-2-4-15(14)12-17/h1-8,17,19H,9-12H2. The fourth-order valence-corrected chi connectivity index (χ4v) is 2.90. The van der Waals surface area contributed by atoms with Gasteiger partial charge in [-0.2, -0.15) is 0 Å². The monoisotopic (exact) mass is 271 g/mol. The number of fused-ring (bicyclic) bond motifs is 1. The molecule has 0 aromatic heterocycles. The molecule has 0 aliphatic heterocycles. The van der Waals surface area contributed by atoms with Crippen LogP contribution in [0.5, 0.6) is 0 Å². The van der Waals surface area contributed by atoms with Crippen molar-refractivity contribution in [2.75, 3.05) is 6.54 Å². The lowest BCUT2D eigenvalue weighted by Gasteiger charge is -2.11. The Hall–Kier alpha value is -1.31. The van der Waals surface area contributed by atoms with Crippen LogP contribution in [-0.2, 0) is 19.3 Å². The van der Waals surface area contributed by atoms with Crippen LogP contribution in [0.25, 0.3) is 0 Å². The van der Waals surface area contributed by atoms with Crippen molar-refractivity contribution in [2.24, 2.45) is 0 Å². The Balaban J connectivity index is 1.48. The van der Waals surface area contributed by atoms with Crippen molar-refractivity contribution in [2.45, 2.75) is 25.3 Å². The molecule has 98 valence electrons. The highest BCUT2D eigenvalue weighted by Gasteiger charge is 2.19. The van der Waals surface area contributed by atoms with E-state index in [0.29, 0.717) is 6.04 Å². The zero-order valence-corrected chi connectivity index (χ0v) is 11.7. The van der Waals surface area contributed by atoms with Gasteiger partial charge >= 0.3 is 0 Å². The molecule has 19 heavy (non-hydrogen) atoms. The minimum Gasteiger partial charge on any atom is -0.313 e. The van der Waals surface area contributed by atoms with Crippen LogP contribution in [0.1, 0.15) is 16.7 Å². The lowest BCUT2D eigenvalue weighted by molar-refractivity contribution is 0.536. The first-order valence-electron chi connectivity index (χ1n) is 6.86. The summed E-state index contributed by atoms with van der Waals surface area (Å²) in [4.78, 5) is 0. The minimum absolute atomic E-state index is 0.602. The summed E-state index contributed by atoms with van der Waals surface area (Å²) in [6.07, 6.45) is 3.39. The maximum atomic E-state index is 5.89. The Morgan fingerprint density at radius 3 is 2.21 bits per heavy atom. The Morgan fingerprint density at radius 1 is 0.947 bits per heavy atom. The van der Waals surface area contributed by atoms with Gasteiger partial charge in [-0.15, -0.1) is 0 Å². The molecular weight excluding hydrogens is 254 g/mol. The number of rotatable bonds is 4. The second-order valence-electron chi connectivity index (χ2n) is 5.20. The van der Waals surface area contributed by atoms with E-state index < -0.39 is 0 Å². The van der Waals surface area contributed by atoms with E-state index in [1.807, 2.05) is 12.1 Å². The van der Waals surface area contributed by atoms with E-state index in [0.717, 1.165) is 30.8 Å². The summed E-state index contributed by atoms with van der Waals surface area (Å²) in [6, 6.07) is 17.5. The molecule has 0 saturated carbocycles. The molecule has 0 heterocycles. The summed E-state index contributed by atoms with van der Waals surface area (Å²) in [5, 5.41) is 4.47. The molecule has 1 aliphatic rings. The fourth-order valence-electron chi connectivity index (χ4n) is 2.77. The SMILES string of the molecule is Clc1ccc(CCNC2Cc3ccccc3C2)cc1. The quantitative estimate of drug-likeness (QED) is 0.895. The van der Waals surface area contributed by atoms with Crippen molar-refractivity contribution in [3.8, 4) is 0 Å². The van der Waals surface area contributed by atoms with E-state index >= 15 is 0 Å². The van der Waals surface area contributed by atoms with Gasteiger partial charge in [0.1, 0.15) is 0 Å². The van der Waals surface area contributed by atoms with E-state index in [1.165, 1.54) is 16.7 Å². The third kappa shape index (κ3) is 3.17. The van der Waals surface area contributed by atoms with Crippen molar-refractivity contribution >= 4 is 11.6 Å². The summed E-state index contributed by atoms with van der Waals surface area (Å²) in [5.41, 5.74) is 4.35. The van der Waals surface area contributed by atoms with Crippen molar-refractivity contribution < 1.29 is 0 Å². The van der Waals surface area contributed by atoms with Gasteiger partial charge in [-0.3, -0.25) is 0 Å². The van der Waals surface area contributed by atoms with Crippen molar-refractivity contribution in [3.63, 3.8) is 0 Å². The van der Waals surface area contributed by atoms with Crippen LogP contribution in [0.15, 0.2) is 48.5 Å². The molecule has 2 aromatic rings. The number of halogens is 1. The van der Waals surface area contributed by atoms with Gasteiger partial charge in [0.25, 0.3) is 0 Å². The minimum atomic E-state index is 0.602. The number of hydrogen-bond donors (Lipinski definition) is 1. The molecular formula is C17H18ClN. The van der Waals surface area contributed by atoms with Crippen LogP contribution in [0, 0.1) is 0 Å². The molecule has 2 aromatic carbocycles. The van der Waals surface area contributed by atoms with Gasteiger partial charge in [0.2, 0.25) is 0 Å². The molecule has 0 bridgehead atoms. The van der Waals surface area contributed by atoms with E-state index in [2.05, 4.69) is 41.7 Å². The van der Waals surface area contributed by atoms with Gasteiger partial charge in [0.15, 0.2) is 0 Å². The van der Waals surface area contributed by atoms with E-state index in [-0.39, 0.29) is 0 Å². The average Bonchev–Trinajstić information content (AvgIpc) is 2.83. The lowest BCUT2D eigenvalue weighted by atomic mass is 10.1. The second-order valence-corrected chi connectivity index (χ2v) is 5.64. The number of hydrogen-bond acceptors (Lipinski definition) is 1. The third-order valence-electron chi connectivity index (χ3n) is 3.81. The van der Waals surface area contributed by atoms with E-state index in [1.54, 1.807) is 0 Å². The van der Waals surface area contributed by atoms with Crippen LogP contribution in [-0.4, -0.2) is 12.6 Å². The third-order valence-corrected chi connectivity index (χ3v) is 4.06. The number of nitrogens with one attached hydrogen (secondary N) is 1. The highest BCUT2D eigenvalue weighted by atomic mass is 35.5. The lowest BCUT2D eigenvalue weighted by Crippen LogP contribution is -2.31. The molecule has 3 rings (SSSR count). The first-order valence-corrected chi connectivity index (χ1v) is 7.24. The van der Waals surface area contributed by atoms with Crippen molar-refractivity contribution in [1.82, 2.24) is 5.32 Å². The maximum absolute atomic E-state index is 5.89. The molecule has 2 heteroatoms. The second kappa shape index (κ2) is 5.77. The molecule has 0 radical (unpaired) electrons. The number of benzene rings is 2. The topological polar surface area (TPSA) is 12.0 Å². The van der Waals surface area contributed by atoms with Crippen LogP contribution < -0.4 is 5.32 Å². The smallest absolute Gasteiger partial charge is 0.0406 e. The molecule has 0 saturated heterocycles. The fraction of sp³-hybridized carbons (Fsp3) is 0.294. The molecule has 0 unspecified atom stereocenters. The van der Waals surface area contributed by atoms with Gasteiger partial charge in [-0.25, -0.2) is 0 Å². The van der Waals surface area contributed by atoms with Crippen LogP contribution >= 0.6 is 11.6 Å². The summed E-state index contributed by atoms with van der Waals surface area (Å²) in [5.74, 6) is 0. The highest BCUT2D eigenvalue weighted by molar-refractivity contribution is 6.30.